The molecule has 0 spiro atoms. The van der Waals surface area contributed by atoms with E-state index in [9.17, 15) is 14.4 Å². The van der Waals surface area contributed by atoms with E-state index in [4.69, 9.17) is 0 Å². The first kappa shape index (κ1) is 9.71. The minimum atomic E-state index is -0.937. The highest BCUT2D eigenvalue weighted by Gasteiger charge is 2.40. The zero-order valence-electron chi connectivity index (χ0n) is 7.68. The standard InChI is InChI=1S/C7H6N4O3S/c1-2-3-9-10-7(15-3)11-5(13)4(12)8-6(11)14/h2H2,1H3,(H,8,12,14). The summed E-state index contributed by atoms with van der Waals surface area (Å²) in [6.45, 7) is 1.88. The molecule has 78 valence electrons. The van der Waals surface area contributed by atoms with Gasteiger partial charge >= 0.3 is 17.8 Å². The Bertz CT molecular complexity index is 455. The van der Waals surface area contributed by atoms with Crippen molar-refractivity contribution in [1.29, 1.82) is 0 Å². The van der Waals surface area contributed by atoms with Crippen LogP contribution in [0.25, 0.3) is 0 Å². The van der Waals surface area contributed by atoms with Gasteiger partial charge in [0.2, 0.25) is 5.13 Å². The fourth-order valence-electron chi connectivity index (χ4n) is 1.05. The normalized spacial score (nSPS) is 16.1. The fraction of sp³-hybridized carbons (Fsp3) is 0.286. The Morgan fingerprint density at radius 3 is 2.53 bits per heavy atom. The van der Waals surface area contributed by atoms with Gasteiger partial charge in [-0.3, -0.25) is 14.9 Å². The molecule has 8 heteroatoms. The van der Waals surface area contributed by atoms with Crippen LogP contribution < -0.4 is 10.2 Å². The van der Waals surface area contributed by atoms with E-state index in [0.29, 0.717) is 16.3 Å². The van der Waals surface area contributed by atoms with E-state index in [1.807, 2.05) is 12.2 Å². The summed E-state index contributed by atoms with van der Waals surface area (Å²) in [6, 6.07) is -0.774. The average molecular weight is 226 g/mol. The molecule has 0 aliphatic carbocycles. The maximum atomic E-state index is 11.2. The molecule has 1 saturated heterocycles. The van der Waals surface area contributed by atoms with Gasteiger partial charge in [-0.15, -0.1) is 10.2 Å². The SMILES string of the molecule is CCc1nnc(N2C(=O)NC(=O)C2=O)s1. The molecule has 0 aromatic carbocycles. The summed E-state index contributed by atoms with van der Waals surface area (Å²) in [5.74, 6) is -1.85. The maximum absolute atomic E-state index is 11.2. The van der Waals surface area contributed by atoms with Crippen molar-refractivity contribution in [2.45, 2.75) is 13.3 Å². The van der Waals surface area contributed by atoms with E-state index in [0.717, 1.165) is 11.3 Å². The second-order valence-electron chi connectivity index (χ2n) is 2.73. The average Bonchev–Trinajstić information content (AvgIpc) is 2.74. The highest BCUT2D eigenvalue weighted by Crippen LogP contribution is 2.22. The third-order valence-corrected chi connectivity index (χ3v) is 2.82. The van der Waals surface area contributed by atoms with Crippen LogP contribution in [-0.2, 0) is 16.0 Å². The third kappa shape index (κ3) is 1.48. The van der Waals surface area contributed by atoms with E-state index < -0.39 is 17.8 Å². The molecular formula is C7H6N4O3S. The Hall–Kier alpha value is -1.83. The van der Waals surface area contributed by atoms with Crippen molar-refractivity contribution in [2.24, 2.45) is 0 Å². The molecule has 1 aromatic heterocycles. The van der Waals surface area contributed by atoms with E-state index in [2.05, 4.69) is 10.2 Å². The first-order valence-electron chi connectivity index (χ1n) is 4.15. The van der Waals surface area contributed by atoms with Crippen LogP contribution in [-0.4, -0.2) is 28.0 Å². The molecule has 1 N–H and O–H groups in total. The molecular weight excluding hydrogens is 220 g/mol. The summed E-state index contributed by atoms with van der Waals surface area (Å²) >= 11 is 1.11. The number of urea groups is 1. The lowest BCUT2D eigenvalue weighted by Crippen LogP contribution is -2.30. The van der Waals surface area contributed by atoms with Crippen LogP contribution >= 0.6 is 11.3 Å². The zero-order chi connectivity index (χ0) is 11.0. The van der Waals surface area contributed by atoms with Crippen molar-refractivity contribution < 1.29 is 14.4 Å². The van der Waals surface area contributed by atoms with Crippen LogP contribution in [0.1, 0.15) is 11.9 Å². The molecule has 0 saturated carbocycles. The molecule has 1 aliphatic heterocycles. The van der Waals surface area contributed by atoms with E-state index in [-0.39, 0.29) is 5.13 Å². The van der Waals surface area contributed by atoms with Crippen LogP contribution in [0.5, 0.6) is 0 Å². The summed E-state index contributed by atoms with van der Waals surface area (Å²) in [5, 5.41) is 10.1. The van der Waals surface area contributed by atoms with Crippen molar-refractivity contribution in [2.75, 3.05) is 4.90 Å². The summed E-state index contributed by atoms with van der Waals surface area (Å²) in [7, 11) is 0. The van der Waals surface area contributed by atoms with E-state index in [1.54, 1.807) is 0 Å². The highest BCUT2D eigenvalue weighted by atomic mass is 32.1. The van der Waals surface area contributed by atoms with Gasteiger partial charge in [-0.05, 0) is 6.42 Å². The molecule has 2 rings (SSSR count). The molecule has 15 heavy (non-hydrogen) atoms. The summed E-state index contributed by atoms with van der Waals surface area (Å²) in [5.41, 5.74) is 0. The molecule has 1 fully saturated rings. The predicted octanol–water partition coefficient (Wildman–Crippen LogP) is -0.317. The lowest BCUT2D eigenvalue weighted by atomic mass is 10.5. The van der Waals surface area contributed by atoms with Gasteiger partial charge in [0, 0.05) is 0 Å². The van der Waals surface area contributed by atoms with Gasteiger partial charge in [-0.2, -0.15) is 4.90 Å². The Morgan fingerprint density at radius 1 is 1.33 bits per heavy atom. The minimum absolute atomic E-state index is 0.125. The van der Waals surface area contributed by atoms with Crippen molar-refractivity contribution in [3.05, 3.63) is 5.01 Å². The second-order valence-corrected chi connectivity index (χ2v) is 3.77. The van der Waals surface area contributed by atoms with Gasteiger partial charge in [-0.25, -0.2) is 4.79 Å². The topological polar surface area (TPSA) is 92.3 Å². The summed E-state index contributed by atoms with van der Waals surface area (Å²) in [6.07, 6.45) is 0.662. The molecule has 4 amide bonds. The van der Waals surface area contributed by atoms with Gasteiger partial charge < -0.3 is 0 Å². The van der Waals surface area contributed by atoms with Gasteiger partial charge in [0.1, 0.15) is 5.01 Å². The van der Waals surface area contributed by atoms with Crippen molar-refractivity contribution in [3.8, 4) is 0 Å². The lowest BCUT2D eigenvalue weighted by Gasteiger charge is -2.03. The number of aryl methyl sites for hydroxylation is 1. The monoisotopic (exact) mass is 226 g/mol. The van der Waals surface area contributed by atoms with Gasteiger partial charge in [-0.1, -0.05) is 18.3 Å². The van der Waals surface area contributed by atoms with Crippen LogP contribution in [0.15, 0.2) is 0 Å². The van der Waals surface area contributed by atoms with Crippen molar-refractivity contribution in [3.63, 3.8) is 0 Å². The highest BCUT2D eigenvalue weighted by molar-refractivity contribution is 7.15. The summed E-state index contributed by atoms with van der Waals surface area (Å²) < 4.78 is 0. The molecule has 7 nitrogen and oxygen atoms in total. The molecule has 0 radical (unpaired) electrons. The molecule has 1 aromatic rings. The number of carbonyl (C=O) groups excluding carboxylic acids is 3. The number of rotatable bonds is 2. The number of nitrogens with one attached hydrogen (secondary N) is 1. The van der Waals surface area contributed by atoms with Gasteiger partial charge in [0.15, 0.2) is 0 Å². The number of imide groups is 2. The van der Waals surface area contributed by atoms with E-state index >= 15 is 0 Å². The van der Waals surface area contributed by atoms with Crippen LogP contribution in [0, 0.1) is 0 Å². The number of nitrogens with zero attached hydrogens (tertiary/aromatic N) is 3. The largest absolute Gasteiger partial charge is 0.338 e. The molecule has 0 bridgehead atoms. The minimum Gasteiger partial charge on any atom is -0.269 e. The number of hydrogen-bond donors (Lipinski definition) is 1. The number of amides is 4. The van der Waals surface area contributed by atoms with Crippen LogP contribution in [0.4, 0.5) is 9.93 Å². The lowest BCUT2D eigenvalue weighted by molar-refractivity contribution is -0.134. The van der Waals surface area contributed by atoms with Crippen molar-refractivity contribution in [1.82, 2.24) is 15.5 Å². The van der Waals surface area contributed by atoms with Crippen LogP contribution in [0.2, 0.25) is 0 Å². The number of anilines is 1. The Balaban J connectivity index is 2.34. The second kappa shape index (κ2) is 3.39. The van der Waals surface area contributed by atoms with Gasteiger partial charge in [0.25, 0.3) is 0 Å². The molecule has 1 aliphatic rings. The molecule has 0 unspecified atom stereocenters. The Labute approximate surface area is 88.1 Å². The van der Waals surface area contributed by atoms with E-state index in [1.165, 1.54) is 0 Å². The third-order valence-electron chi connectivity index (χ3n) is 1.77. The fourth-order valence-corrected chi connectivity index (χ4v) is 1.83. The van der Waals surface area contributed by atoms with Crippen molar-refractivity contribution >= 4 is 34.3 Å². The Morgan fingerprint density at radius 2 is 2.07 bits per heavy atom. The van der Waals surface area contributed by atoms with Gasteiger partial charge in [0.05, 0.1) is 0 Å². The predicted molar refractivity (Wildman–Crippen MR) is 50.3 cm³/mol. The first-order valence-corrected chi connectivity index (χ1v) is 4.97. The van der Waals surface area contributed by atoms with Crippen LogP contribution in [0.3, 0.4) is 0 Å². The molecule has 2 heterocycles. The quantitative estimate of drug-likeness (QED) is 0.551. The Kier molecular flexibility index (Phi) is 2.19. The number of hydrogen-bond acceptors (Lipinski definition) is 6. The first-order chi connectivity index (χ1) is 7.13. The number of carbonyl (C=O) groups is 3. The maximum Gasteiger partial charge on any atom is 0.338 e. The number of aromatic nitrogens is 2. The zero-order valence-corrected chi connectivity index (χ0v) is 8.50. The smallest absolute Gasteiger partial charge is 0.269 e. The molecule has 0 atom stereocenters. The summed E-state index contributed by atoms with van der Waals surface area (Å²) in [4.78, 5) is 34.0.